The van der Waals surface area contributed by atoms with Gasteiger partial charge in [-0.3, -0.25) is 4.79 Å². The fourth-order valence-corrected chi connectivity index (χ4v) is 2.10. The van der Waals surface area contributed by atoms with Crippen LogP contribution in [0.25, 0.3) is 0 Å². The zero-order chi connectivity index (χ0) is 12.0. The SMILES string of the molecule is CC(C)CCC(C)NC(=O)C1CCNCC1. The lowest BCUT2D eigenvalue weighted by Gasteiger charge is -2.24. The maximum absolute atomic E-state index is 11.9. The van der Waals surface area contributed by atoms with Gasteiger partial charge in [-0.2, -0.15) is 0 Å². The van der Waals surface area contributed by atoms with Crippen molar-refractivity contribution in [3.05, 3.63) is 0 Å². The zero-order valence-electron chi connectivity index (χ0n) is 10.9. The standard InChI is InChI=1S/C13H26N2O/c1-10(2)4-5-11(3)15-13(16)12-6-8-14-9-7-12/h10-12,14H,4-9H2,1-3H3,(H,15,16). The molecule has 0 radical (unpaired) electrons. The molecule has 0 aromatic carbocycles. The molecule has 0 spiro atoms. The molecule has 0 saturated carbocycles. The number of hydrogen-bond donors (Lipinski definition) is 2. The highest BCUT2D eigenvalue weighted by Crippen LogP contribution is 2.13. The van der Waals surface area contributed by atoms with Gasteiger partial charge in [0, 0.05) is 12.0 Å². The summed E-state index contributed by atoms with van der Waals surface area (Å²) in [6.07, 6.45) is 4.26. The summed E-state index contributed by atoms with van der Waals surface area (Å²) in [6.45, 7) is 8.53. The Morgan fingerprint density at radius 1 is 1.25 bits per heavy atom. The third-order valence-corrected chi connectivity index (χ3v) is 3.28. The van der Waals surface area contributed by atoms with Crippen molar-refractivity contribution >= 4 is 5.91 Å². The highest BCUT2D eigenvalue weighted by Gasteiger charge is 2.21. The first-order chi connectivity index (χ1) is 7.59. The summed E-state index contributed by atoms with van der Waals surface area (Å²) in [7, 11) is 0. The van der Waals surface area contributed by atoms with Crippen molar-refractivity contribution in [2.24, 2.45) is 11.8 Å². The molecule has 0 aliphatic carbocycles. The number of hydrogen-bond acceptors (Lipinski definition) is 2. The first-order valence-electron chi connectivity index (χ1n) is 6.60. The molecule has 3 nitrogen and oxygen atoms in total. The van der Waals surface area contributed by atoms with Crippen LogP contribution in [0.5, 0.6) is 0 Å². The van der Waals surface area contributed by atoms with Crippen molar-refractivity contribution in [3.8, 4) is 0 Å². The van der Waals surface area contributed by atoms with Crippen molar-refractivity contribution in [2.75, 3.05) is 13.1 Å². The van der Waals surface area contributed by atoms with Crippen LogP contribution in [-0.2, 0) is 4.79 Å². The lowest BCUT2D eigenvalue weighted by molar-refractivity contribution is -0.126. The van der Waals surface area contributed by atoms with E-state index in [1.165, 1.54) is 6.42 Å². The van der Waals surface area contributed by atoms with E-state index in [9.17, 15) is 4.79 Å². The number of nitrogens with one attached hydrogen (secondary N) is 2. The quantitative estimate of drug-likeness (QED) is 0.752. The molecule has 1 unspecified atom stereocenters. The third-order valence-electron chi connectivity index (χ3n) is 3.28. The van der Waals surface area contributed by atoms with E-state index >= 15 is 0 Å². The van der Waals surface area contributed by atoms with Crippen LogP contribution in [0.2, 0.25) is 0 Å². The second-order valence-corrected chi connectivity index (χ2v) is 5.41. The summed E-state index contributed by atoms with van der Waals surface area (Å²) in [5.74, 6) is 1.22. The predicted octanol–water partition coefficient (Wildman–Crippen LogP) is 1.93. The normalized spacial score (nSPS) is 19.8. The van der Waals surface area contributed by atoms with Crippen LogP contribution in [0.15, 0.2) is 0 Å². The average molecular weight is 226 g/mol. The molecule has 1 aliphatic heterocycles. The Kier molecular flexibility index (Phi) is 5.81. The van der Waals surface area contributed by atoms with Gasteiger partial charge in [-0.05, 0) is 51.6 Å². The van der Waals surface area contributed by atoms with E-state index in [0.29, 0.717) is 6.04 Å². The second-order valence-electron chi connectivity index (χ2n) is 5.41. The van der Waals surface area contributed by atoms with Crippen LogP contribution in [0, 0.1) is 11.8 Å². The summed E-state index contributed by atoms with van der Waals surface area (Å²) < 4.78 is 0. The summed E-state index contributed by atoms with van der Waals surface area (Å²) >= 11 is 0. The lowest BCUT2D eigenvalue weighted by atomic mass is 9.96. The molecule has 1 aliphatic rings. The lowest BCUT2D eigenvalue weighted by Crippen LogP contribution is -2.41. The summed E-state index contributed by atoms with van der Waals surface area (Å²) in [5.41, 5.74) is 0. The minimum absolute atomic E-state index is 0.239. The topological polar surface area (TPSA) is 41.1 Å². The maximum Gasteiger partial charge on any atom is 0.223 e. The number of carbonyl (C=O) groups is 1. The van der Waals surface area contributed by atoms with E-state index in [2.05, 4.69) is 31.4 Å². The van der Waals surface area contributed by atoms with Gasteiger partial charge in [0.1, 0.15) is 0 Å². The van der Waals surface area contributed by atoms with E-state index in [-0.39, 0.29) is 11.8 Å². The van der Waals surface area contributed by atoms with E-state index in [1.807, 2.05) is 0 Å². The Hall–Kier alpha value is -0.570. The first kappa shape index (κ1) is 13.5. The van der Waals surface area contributed by atoms with Gasteiger partial charge in [0.2, 0.25) is 5.91 Å². The first-order valence-corrected chi connectivity index (χ1v) is 6.60. The van der Waals surface area contributed by atoms with Crippen molar-refractivity contribution < 1.29 is 4.79 Å². The zero-order valence-corrected chi connectivity index (χ0v) is 10.9. The monoisotopic (exact) mass is 226 g/mol. The fraction of sp³-hybridized carbons (Fsp3) is 0.923. The summed E-state index contributed by atoms with van der Waals surface area (Å²) in [6, 6.07) is 0.324. The molecule has 1 saturated heterocycles. The average Bonchev–Trinajstić information content (AvgIpc) is 2.27. The van der Waals surface area contributed by atoms with Crippen molar-refractivity contribution in [2.45, 2.75) is 52.5 Å². The van der Waals surface area contributed by atoms with Gasteiger partial charge in [-0.1, -0.05) is 13.8 Å². The van der Waals surface area contributed by atoms with Gasteiger partial charge < -0.3 is 10.6 Å². The van der Waals surface area contributed by atoms with E-state index < -0.39 is 0 Å². The number of carbonyl (C=O) groups excluding carboxylic acids is 1. The second kappa shape index (κ2) is 6.89. The van der Waals surface area contributed by atoms with Gasteiger partial charge in [0.15, 0.2) is 0 Å². The molecule has 1 atom stereocenters. The van der Waals surface area contributed by atoms with Crippen LogP contribution in [0.1, 0.15) is 46.5 Å². The highest BCUT2D eigenvalue weighted by molar-refractivity contribution is 5.79. The Morgan fingerprint density at radius 3 is 2.44 bits per heavy atom. The van der Waals surface area contributed by atoms with Gasteiger partial charge in [-0.25, -0.2) is 0 Å². The molecule has 0 aromatic rings. The third kappa shape index (κ3) is 4.97. The Balaban J connectivity index is 2.21. The highest BCUT2D eigenvalue weighted by atomic mass is 16.1. The molecule has 2 N–H and O–H groups in total. The van der Waals surface area contributed by atoms with Gasteiger partial charge in [0.25, 0.3) is 0 Å². The van der Waals surface area contributed by atoms with E-state index in [1.54, 1.807) is 0 Å². The molecule has 1 heterocycles. The van der Waals surface area contributed by atoms with Crippen molar-refractivity contribution in [1.82, 2.24) is 10.6 Å². The molecule has 16 heavy (non-hydrogen) atoms. The maximum atomic E-state index is 11.9. The smallest absolute Gasteiger partial charge is 0.223 e. The van der Waals surface area contributed by atoms with E-state index in [4.69, 9.17) is 0 Å². The van der Waals surface area contributed by atoms with Gasteiger partial charge >= 0.3 is 0 Å². The van der Waals surface area contributed by atoms with Crippen LogP contribution in [-0.4, -0.2) is 25.0 Å². The molecule has 94 valence electrons. The molecule has 1 amide bonds. The van der Waals surface area contributed by atoms with E-state index in [0.717, 1.165) is 38.3 Å². The van der Waals surface area contributed by atoms with Gasteiger partial charge in [-0.15, -0.1) is 0 Å². The van der Waals surface area contributed by atoms with Crippen molar-refractivity contribution in [3.63, 3.8) is 0 Å². The van der Waals surface area contributed by atoms with Crippen molar-refractivity contribution in [1.29, 1.82) is 0 Å². The minimum atomic E-state index is 0.239. The molecule has 0 bridgehead atoms. The number of amides is 1. The summed E-state index contributed by atoms with van der Waals surface area (Å²) in [4.78, 5) is 11.9. The Bertz CT molecular complexity index is 210. The minimum Gasteiger partial charge on any atom is -0.353 e. The Labute approximate surface area is 99.4 Å². The van der Waals surface area contributed by atoms with Gasteiger partial charge in [0.05, 0.1) is 0 Å². The Morgan fingerprint density at radius 2 is 1.88 bits per heavy atom. The summed E-state index contributed by atoms with van der Waals surface area (Å²) in [5, 5.41) is 6.42. The number of rotatable bonds is 5. The van der Waals surface area contributed by atoms with Crippen LogP contribution >= 0.6 is 0 Å². The fourth-order valence-electron chi connectivity index (χ4n) is 2.10. The largest absolute Gasteiger partial charge is 0.353 e. The number of piperidine rings is 1. The molecule has 3 heteroatoms. The molecular formula is C13H26N2O. The van der Waals surface area contributed by atoms with Crippen LogP contribution < -0.4 is 10.6 Å². The molecular weight excluding hydrogens is 200 g/mol. The van der Waals surface area contributed by atoms with Crippen LogP contribution in [0.3, 0.4) is 0 Å². The van der Waals surface area contributed by atoms with Crippen LogP contribution in [0.4, 0.5) is 0 Å². The predicted molar refractivity (Wildman–Crippen MR) is 67.3 cm³/mol. The molecule has 1 fully saturated rings. The molecule has 1 rings (SSSR count). The molecule has 0 aromatic heterocycles.